The largest absolute Gasteiger partial charge is 0.383 e. The number of carbonyl (C=O) groups excluding carboxylic acids is 2. The molecule has 0 radical (unpaired) electrons. The average molecular weight is 557 g/mol. The summed E-state index contributed by atoms with van der Waals surface area (Å²) in [5.41, 5.74) is 9.36. The van der Waals surface area contributed by atoms with Gasteiger partial charge in [-0.1, -0.05) is 18.2 Å². The number of aromatic nitrogens is 1. The number of likely N-dealkylation sites (tertiary alicyclic amines) is 2. The van der Waals surface area contributed by atoms with Crippen LogP contribution in [0.2, 0.25) is 0 Å². The maximum absolute atomic E-state index is 14.6. The second-order valence-electron chi connectivity index (χ2n) is 10.4. The highest BCUT2D eigenvalue weighted by Crippen LogP contribution is 2.33. The normalized spacial score (nSPS) is 16.4. The van der Waals surface area contributed by atoms with Gasteiger partial charge in [0, 0.05) is 69.0 Å². The number of piperidine rings is 2. The van der Waals surface area contributed by atoms with E-state index < -0.39 is 0 Å². The first-order valence-electron chi connectivity index (χ1n) is 13.7. The van der Waals surface area contributed by atoms with E-state index >= 15 is 0 Å². The highest BCUT2D eigenvalue weighted by molar-refractivity contribution is 6.15. The molecule has 0 bridgehead atoms. The highest BCUT2D eigenvalue weighted by atomic mass is 35.5. The lowest BCUT2D eigenvalue weighted by Gasteiger charge is -2.32. The maximum atomic E-state index is 14.6. The van der Waals surface area contributed by atoms with Gasteiger partial charge in [-0.3, -0.25) is 9.59 Å². The van der Waals surface area contributed by atoms with Crippen molar-refractivity contribution in [3.8, 4) is 0 Å². The van der Waals surface area contributed by atoms with Gasteiger partial charge in [0.05, 0.1) is 12.2 Å². The van der Waals surface area contributed by atoms with E-state index in [1.165, 1.54) is 6.07 Å². The van der Waals surface area contributed by atoms with E-state index in [1.54, 1.807) is 13.2 Å². The van der Waals surface area contributed by atoms with E-state index in [2.05, 4.69) is 0 Å². The Kier molecular flexibility index (Phi) is 9.64. The second-order valence-corrected chi connectivity index (χ2v) is 10.4. The van der Waals surface area contributed by atoms with E-state index in [9.17, 15) is 14.0 Å². The van der Waals surface area contributed by atoms with Crippen LogP contribution in [0.15, 0.2) is 42.6 Å². The Labute approximate surface area is 235 Å². The quantitative estimate of drug-likeness (QED) is 0.446. The van der Waals surface area contributed by atoms with Crippen molar-refractivity contribution in [3.63, 3.8) is 0 Å². The van der Waals surface area contributed by atoms with Crippen LogP contribution in [0, 0.1) is 5.82 Å². The van der Waals surface area contributed by atoms with E-state index in [-0.39, 0.29) is 36.0 Å². The first-order chi connectivity index (χ1) is 18.5. The van der Waals surface area contributed by atoms with Crippen LogP contribution in [0.25, 0.3) is 10.9 Å². The number of fused-ring (bicyclic) bond motifs is 1. The van der Waals surface area contributed by atoms with Gasteiger partial charge in [0.15, 0.2) is 0 Å². The highest BCUT2D eigenvalue weighted by Gasteiger charge is 2.30. The zero-order valence-corrected chi connectivity index (χ0v) is 23.4. The summed E-state index contributed by atoms with van der Waals surface area (Å²) < 4.78 is 21.9. The Bertz CT molecular complexity index is 1310. The van der Waals surface area contributed by atoms with Crippen molar-refractivity contribution in [1.29, 1.82) is 0 Å². The summed E-state index contributed by atoms with van der Waals surface area (Å²) in [5, 5.41) is 0.716. The predicted octanol–water partition coefficient (Wildman–Crippen LogP) is 4.95. The summed E-state index contributed by atoms with van der Waals surface area (Å²) in [4.78, 5) is 31.3. The van der Waals surface area contributed by atoms with Crippen molar-refractivity contribution in [2.45, 2.75) is 51.1 Å². The van der Waals surface area contributed by atoms with E-state index in [1.807, 2.05) is 44.8 Å². The molecule has 0 aliphatic carbocycles. The number of halogens is 2. The number of methoxy groups -OCH3 is 1. The SMILES string of the molecule is COCCn1cc(C(=O)N2CCC(c3cc(CN)ccc3F)CC2)c2c(C(=O)N3CCCCC3)cccc21.Cl. The molecule has 2 amide bonds. The zero-order chi connectivity index (χ0) is 26.6. The summed E-state index contributed by atoms with van der Waals surface area (Å²) in [6.45, 7) is 4.01. The number of benzene rings is 2. The Hall–Kier alpha value is -2.94. The number of ether oxygens (including phenoxy) is 1. The molecular formula is C30H38ClFN4O3. The molecular weight excluding hydrogens is 519 g/mol. The molecule has 2 N–H and O–H groups in total. The number of rotatable bonds is 7. The number of hydrogen-bond donors (Lipinski definition) is 1. The first-order valence-corrected chi connectivity index (χ1v) is 13.7. The molecule has 7 nitrogen and oxygen atoms in total. The first kappa shape index (κ1) is 29.1. The number of hydrogen-bond acceptors (Lipinski definition) is 4. The summed E-state index contributed by atoms with van der Waals surface area (Å²) >= 11 is 0. The Balaban J connectivity index is 0.00000353. The van der Waals surface area contributed by atoms with Crippen molar-refractivity contribution < 1.29 is 18.7 Å². The van der Waals surface area contributed by atoms with E-state index in [0.717, 1.165) is 43.4 Å². The molecule has 0 spiro atoms. The minimum absolute atomic E-state index is 0. The summed E-state index contributed by atoms with van der Waals surface area (Å²) in [7, 11) is 1.65. The van der Waals surface area contributed by atoms with Gasteiger partial charge in [-0.2, -0.15) is 0 Å². The number of nitrogens with two attached hydrogens (primary N) is 1. The molecule has 9 heteroatoms. The molecule has 2 aromatic carbocycles. The van der Waals surface area contributed by atoms with Gasteiger partial charge in [-0.05, 0) is 67.3 Å². The topological polar surface area (TPSA) is 80.8 Å². The predicted molar refractivity (Wildman–Crippen MR) is 153 cm³/mol. The number of amides is 2. The van der Waals surface area contributed by atoms with Gasteiger partial charge in [-0.15, -0.1) is 12.4 Å². The molecule has 3 heterocycles. The molecule has 3 aromatic rings. The molecule has 0 atom stereocenters. The molecule has 2 saturated heterocycles. The van der Waals surface area contributed by atoms with Crippen LogP contribution in [0.5, 0.6) is 0 Å². The summed E-state index contributed by atoms with van der Waals surface area (Å²) in [6.07, 6.45) is 6.38. The van der Waals surface area contributed by atoms with Crippen LogP contribution in [-0.2, 0) is 17.8 Å². The van der Waals surface area contributed by atoms with Crippen molar-refractivity contribution in [1.82, 2.24) is 14.4 Å². The fourth-order valence-electron chi connectivity index (χ4n) is 5.93. The van der Waals surface area contributed by atoms with Gasteiger partial charge in [0.1, 0.15) is 5.82 Å². The number of carbonyl (C=O) groups is 2. The van der Waals surface area contributed by atoms with Crippen molar-refractivity contribution in [2.24, 2.45) is 5.73 Å². The van der Waals surface area contributed by atoms with Crippen molar-refractivity contribution >= 4 is 35.1 Å². The lowest BCUT2D eigenvalue weighted by molar-refractivity contribution is 0.0714. The molecule has 2 aliphatic heterocycles. The van der Waals surface area contributed by atoms with Crippen LogP contribution in [0.3, 0.4) is 0 Å². The second kappa shape index (κ2) is 12.9. The lowest BCUT2D eigenvalue weighted by atomic mass is 9.88. The van der Waals surface area contributed by atoms with Crippen LogP contribution < -0.4 is 5.73 Å². The van der Waals surface area contributed by atoms with Crippen LogP contribution in [0.4, 0.5) is 4.39 Å². The molecule has 5 rings (SSSR count). The Morgan fingerprint density at radius 3 is 2.36 bits per heavy atom. The Morgan fingerprint density at radius 2 is 1.67 bits per heavy atom. The number of nitrogens with zero attached hydrogens (tertiary/aromatic N) is 3. The Morgan fingerprint density at radius 1 is 0.974 bits per heavy atom. The fraction of sp³-hybridized carbons (Fsp3) is 0.467. The minimum atomic E-state index is -0.214. The standard InChI is InChI=1S/C30H37FN4O3.ClH/c1-38-17-16-35-20-25(28-23(6-5-7-27(28)35)29(36)33-12-3-2-4-13-33)30(37)34-14-10-22(11-15-34)24-18-21(19-32)8-9-26(24)31;/h5-9,18,20,22H,2-4,10-17,19,32H2,1H3;1H. The van der Waals surface area contributed by atoms with E-state index in [0.29, 0.717) is 67.7 Å². The molecule has 39 heavy (non-hydrogen) atoms. The van der Waals surface area contributed by atoms with Gasteiger partial charge < -0.3 is 24.8 Å². The minimum Gasteiger partial charge on any atom is -0.383 e. The lowest BCUT2D eigenvalue weighted by Crippen LogP contribution is -2.38. The van der Waals surface area contributed by atoms with E-state index in [4.69, 9.17) is 10.5 Å². The molecule has 0 unspecified atom stereocenters. The molecule has 0 saturated carbocycles. The van der Waals surface area contributed by atoms with Gasteiger partial charge in [-0.25, -0.2) is 4.39 Å². The molecule has 210 valence electrons. The summed E-state index contributed by atoms with van der Waals surface area (Å²) in [6, 6.07) is 10.8. The maximum Gasteiger partial charge on any atom is 0.256 e. The van der Waals surface area contributed by atoms with Crippen LogP contribution >= 0.6 is 12.4 Å². The molecule has 1 aromatic heterocycles. The van der Waals surface area contributed by atoms with Gasteiger partial charge >= 0.3 is 0 Å². The third-order valence-corrected chi connectivity index (χ3v) is 8.06. The van der Waals surface area contributed by atoms with Crippen LogP contribution in [0.1, 0.15) is 69.9 Å². The van der Waals surface area contributed by atoms with Crippen molar-refractivity contribution in [3.05, 3.63) is 70.7 Å². The monoisotopic (exact) mass is 556 g/mol. The molecule has 2 aliphatic rings. The van der Waals surface area contributed by atoms with Gasteiger partial charge in [0.2, 0.25) is 0 Å². The molecule has 2 fully saturated rings. The zero-order valence-electron chi connectivity index (χ0n) is 22.5. The third-order valence-electron chi connectivity index (χ3n) is 8.06. The third kappa shape index (κ3) is 5.98. The van der Waals surface area contributed by atoms with Crippen molar-refractivity contribution in [2.75, 3.05) is 39.9 Å². The van der Waals surface area contributed by atoms with Crippen LogP contribution in [-0.4, -0.2) is 66.1 Å². The smallest absolute Gasteiger partial charge is 0.256 e. The average Bonchev–Trinajstić information content (AvgIpc) is 3.35. The van der Waals surface area contributed by atoms with Gasteiger partial charge in [0.25, 0.3) is 11.8 Å². The fourth-order valence-corrected chi connectivity index (χ4v) is 5.93. The summed E-state index contributed by atoms with van der Waals surface area (Å²) in [5.74, 6) is -0.263.